The van der Waals surface area contributed by atoms with E-state index in [1.165, 1.54) is 5.56 Å². The normalized spacial score (nSPS) is 11.8. The molecule has 0 aliphatic heterocycles. The van der Waals surface area contributed by atoms with Crippen molar-refractivity contribution in [2.24, 2.45) is 5.73 Å². The van der Waals surface area contributed by atoms with E-state index in [0.717, 1.165) is 43.0 Å². The first-order valence-corrected chi connectivity index (χ1v) is 7.55. The molecule has 4 heteroatoms. The van der Waals surface area contributed by atoms with Crippen LogP contribution in [0.15, 0.2) is 30.5 Å². The van der Waals surface area contributed by atoms with Crippen molar-refractivity contribution < 1.29 is 4.74 Å². The minimum absolute atomic E-state index is 0.364. The molecule has 1 aromatic heterocycles. The fourth-order valence-electron chi connectivity index (χ4n) is 2.38. The Labute approximate surface area is 126 Å². The van der Waals surface area contributed by atoms with Gasteiger partial charge in [-0.3, -0.25) is 0 Å². The van der Waals surface area contributed by atoms with Gasteiger partial charge in [-0.25, -0.2) is 4.98 Å². The lowest BCUT2D eigenvalue weighted by Crippen LogP contribution is -2.36. The van der Waals surface area contributed by atoms with E-state index in [2.05, 4.69) is 48.1 Å². The van der Waals surface area contributed by atoms with Crippen LogP contribution in [-0.2, 0) is 16.7 Å². The highest BCUT2D eigenvalue weighted by Gasteiger charge is 2.26. The van der Waals surface area contributed by atoms with Gasteiger partial charge in [-0.1, -0.05) is 38.1 Å². The number of nitrogens with one attached hydrogen (secondary N) is 1. The Morgan fingerprint density at radius 3 is 2.43 bits per heavy atom. The van der Waals surface area contributed by atoms with Crippen molar-refractivity contribution >= 4 is 0 Å². The van der Waals surface area contributed by atoms with E-state index in [9.17, 15) is 0 Å². The summed E-state index contributed by atoms with van der Waals surface area (Å²) in [5.41, 5.74) is 9.43. The number of nitrogens with two attached hydrogens (primary N) is 1. The van der Waals surface area contributed by atoms with Crippen molar-refractivity contribution in [1.82, 2.24) is 9.97 Å². The van der Waals surface area contributed by atoms with Gasteiger partial charge in [0.15, 0.2) is 0 Å². The van der Waals surface area contributed by atoms with Crippen molar-refractivity contribution in [3.63, 3.8) is 0 Å². The molecule has 4 nitrogen and oxygen atoms in total. The van der Waals surface area contributed by atoms with E-state index >= 15 is 0 Å². The average Bonchev–Trinajstić information content (AvgIpc) is 3.03. The first-order chi connectivity index (χ1) is 10.1. The largest absolute Gasteiger partial charge is 0.384 e. The average molecular weight is 287 g/mol. The van der Waals surface area contributed by atoms with E-state index in [4.69, 9.17) is 10.5 Å². The van der Waals surface area contributed by atoms with Gasteiger partial charge >= 0.3 is 0 Å². The summed E-state index contributed by atoms with van der Waals surface area (Å²) in [5, 5.41) is 0. The Bertz CT molecular complexity index is 556. The van der Waals surface area contributed by atoms with Crippen LogP contribution in [0, 0.1) is 0 Å². The van der Waals surface area contributed by atoms with Crippen LogP contribution >= 0.6 is 0 Å². The third-order valence-corrected chi connectivity index (χ3v) is 4.17. The van der Waals surface area contributed by atoms with Gasteiger partial charge in [0.25, 0.3) is 0 Å². The minimum Gasteiger partial charge on any atom is -0.384 e. The highest BCUT2D eigenvalue weighted by Crippen LogP contribution is 2.26. The van der Waals surface area contributed by atoms with E-state index in [-0.39, 0.29) is 5.54 Å². The quantitative estimate of drug-likeness (QED) is 0.821. The second-order valence-electron chi connectivity index (χ2n) is 5.45. The van der Waals surface area contributed by atoms with E-state index in [1.807, 2.05) is 6.20 Å². The standard InChI is InChI=1S/C17H25N3O/c1-4-17(18,5-2)16-19-12-15(20-16)14-8-6-13(7-9-14)10-11-21-3/h6-9,12H,4-5,10-11,18H2,1-3H3,(H,19,20). The van der Waals surface area contributed by atoms with Crippen LogP contribution in [0.25, 0.3) is 11.3 Å². The van der Waals surface area contributed by atoms with Crippen LogP contribution in [0.3, 0.4) is 0 Å². The van der Waals surface area contributed by atoms with Crippen molar-refractivity contribution in [1.29, 1.82) is 0 Å². The number of H-pyrrole nitrogens is 1. The molecular weight excluding hydrogens is 262 g/mol. The molecule has 114 valence electrons. The second-order valence-corrected chi connectivity index (χ2v) is 5.45. The molecule has 0 unspecified atom stereocenters. The molecule has 21 heavy (non-hydrogen) atoms. The molecule has 2 rings (SSSR count). The molecule has 0 radical (unpaired) electrons. The lowest BCUT2D eigenvalue weighted by Gasteiger charge is -2.23. The third kappa shape index (κ3) is 3.52. The zero-order chi connectivity index (χ0) is 15.3. The molecule has 0 spiro atoms. The molecular formula is C17H25N3O. The van der Waals surface area contributed by atoms with Gasteiger partial charge < -0.3 is 15.5 Å². The number of aromatic amines is 1. The lowest BCUT2D eigenvalue weighted by atomic mass is 9.93. The topological polar surface area (TPSA) is 63.9 Å². The van der Waals surface area contributed by atoms with Crippen molar-refractivity contribution in [2.75, 3.05) is 13.7 Å². The van der Waals surface area contributed by atoms with Gasteiger partial charge in [-0.2, -0.15) is 0 Å². The van der Waals surface area contributed by atoms with Crippen LogP contribution in [0.2, 0.25) is 0 Å². The number of rotatable bonds is 7. The molecule has 0 saturated carbocycles. The molecule has 0 bridgehead atoms. The number of hydrogen-bond donors (Lipinski definition) is 2. The van der Waals surface area contributed by atoms with Crippen LogP contribution < -0.4 is 5.73 Å². The number of ether oxygens (including phenoxy) is 1. The molecule has 0 aliphatic rings. The summed E-state index contributed by atoms with van der Waals surface area (Å²) in [7, 11) is 1.72. The Balaban J connectivity index is 2.18. The summed E-state index contributed by atoms with van der Waals surface area (Å²) >= 11 is 0. The predicted molar refractivity (Wildman–Crippen MR) is 86.1 cm³/mol. The van der Waals surface area contributed by atoms with Crippen LogP contribution in [0.1, 0.15) is 38.1 Å². The van der Waals surface area contributed by atoms with Crippen molar-refractivity contribution in [3.8, 4) is 11.3 Å². The molecule has 0 aliphatic carbocycles. The maximum Gasteiger partial charge on any atom is 0.126 e. The molecule has 0 fully saturated rings. The summed E-state index contributed by atoms with van der Waals surface area (Å²) in [6, 6.07) is 8.48. The minimum atomic E-state index is -0.364. The fourth-order valence-corrected chi connectivity index (χ4v) is 2.38. The number of aromatic nitrogens is 2. The summed E-state index contributed by atoms with van der Waals surface area (Å²) < 4.78 is 5.10. The summed E-state index contributed by atoms with van der Waals surface area (Å²) in [6.45, 7) is 4.93. The lowest BCUT2D eigenvalue weighted by molar-refractivity contribution is 0.202. The molecule has 1 heterocycles. The summed E-state index contributed by atoms with van der Waals surface area (Å²) in [4.78, 5) is 7.85. The fraction of sp³-hybridized carbons (Fsp3) is 0.471. The van der Waals surface area contributed by atoms with Gasteiger partial charge in [0, 0.05) is 7.11 Å². The van der Waals surface area contributed by atoms with E-state index in [0.29, 0.717) is 0 Å². The molecule has 2 aromatic rings. The van der Waals surface area contributed by atoms with Crippen LogP contribution in [0.5, 0.6) is 0 Å². The number of benzene rings is 1. The SMILES string of the molecule is CCC(N)(CC)c1ncc(-c2ccc(CCOC)cc2)[nH]1. The number of methoxy groups -OCH3 is 1. The van der Waals surface area contributed by atoms with Crippen molar-refractivity contribution in [3.05, 3.63) is 41.9 Å². The first-order valence-electron chi connectivity index (χ1n) is 7.55. The molecule has 0 atom stereocenters. The van der Waals surface area contributed by atoms with Gasteiger partial charge in [-0.05, 0) is 30.4 Å². The highest BCUT2D eigenvalue weighted by molar-refractivity contribution is 5.59. The monoisotopic (exact) mass is 287 g/mol. The van der Waals surface area contributed by atoms with E-state index < -0.39 is 0 Å². The molecule has 3 N–H and O–H groups in total. The molecule has 1 aromatic carbocycles. The first kappa shape index (κ1) is 15.7. The Morgan fingerprint density at radius 1 is 1.19 bits per heavy atom. The van der Waals surface area contributed by atoms with Gasteiger partial charge in [0.2, 0.25) is 0 Å². The summed E-state index contributed by atoms with van der Waals surface area (Å²) in [5.74, 6) is 0.867. The maximum atomic E-state index is 6.38. The zero-order valence-electron chi connectivity index (χ0n) is 13.1. The zero-order valence-corrected chi connectivity index (χ0v) is 13.1. The smallest absolute Gasteiger partial charge is 0.126 e. The highest BCUT2D eigenvalue weighted by atomic mass is 16.5. The van der Waals surface area contributed by atoms with Gasteiger partial charge in [0.05, 0.1) is 24.0 Å². The molecule has 0 amide bonds. The Hall–Kier alpha value is -1.65. The van der Waals surface area contributed by atoms with Gasteiger partial charge in [0.1, 0.15) is 5.82 Å². The van der Waals surface area contributed by atoms with Gasteiger partial charge in [-0.15, -0.1) is 0 Å². The van der Waals surface area contributed by atoms with E-state index in [1.54, 1.807) is 7.11 Å². The Kier molecular flexibility index (Phi) is 5.15. The Morgan fingerprint density at radius 2 is 1.86 bits per heavy atom. The van der Waals surface area contributed by atoms with Crippen LogP contribution in [-0.4, -0.2) is 23.7 Å². The number of hydrogen-bond acceptors (Lipinski definition) is 3. The number of imidazole rings is 1. The second kappa shape index (κ2) is 6.87. The number of nitrogens with zero attached hydrogens (tertiary/aromatic N) is 1. The summed E-state index contributed by atoms with van der Waals surface area (Å²) in [6.07, 6.45) is 4.54. The third-order valence-electron chi connectivity index (χ3n) is 4.17. The maximum absolute atomic E-state index is 6.38. The predicted octanol–water partition coefficient (Wildman–Crippen LogP) is 3.24. The van der Waals surface area contributed by atoms with Crippen molar-refractivity contribution in [2.45, 2.75) is 38.6 Å². The van der Waals surface area contributed by atoms with Crippen LogP contribution in [0.4, 0.5) is 0 Å². The molecule has 0 saturated heterocycles.